The Morgan fingerprint density at radius 2 is 1.89 bits per heavy atom. The lowest BCUT2D eigenvalue weighted by Gasteiger charge is -2.28. The van der Waals surface area contributed by atoms with Gasteiger partial charge in [0.2, 0.25) is 5.91 Å². The Balaban J connectivity index is 2.72. The zero-order valence-electron chi connectivity index (χ0n) is 11.2. The highest BCUT2D eigenvalue weighted by Crippen LogP contribution is 2.25. The predicted molar refractivity (Wildman–Crippen MR) is 69.0 cm³/mol. The molecule has 0 bridgehead atoms. The molecular weight excluding hydrogens is 232 g/mol. The van der Waals surface area contributed by atoms with Gasteiger partial charge in [-0.3, -0.25) is 9.59 Å². The summed E-state index contributed by atoms with van der Waals surface area (Å²) in [6, 6.07) is -0.261. The molecular formula is C13H24N2O3. The fourth-order valence-corrected chi connectivity index (χ4v) is 2.23. The summed E-state index contributed by atoms with van der Waals surface area (Å²) in [7, 11) is 0. The minimum Gasteiger partial charge on any atom is -0.481 e. The van der Waals surface area contributed by atoms with Crippen LogP contribution in [0.25, 0.3) is 0 Å². The first-order valence-electron chi connectivity index (χ1n) is 6.62. The van der Waals surface area contributed by atoms with Crippen LogP contribution in [0, 0.1) is 11.3 Å². The molecule has 0 aromatic carbocycles. The third-order valence-electron chi connectivity index (χ3n) is 3.77. The number of nitrogens with one attached hydrogen (secondary N) is 1. The lowest BCUT2D eigenvalue weighted by Crippen LogP contribution is -2.49. The van der Waals surface area contributed by atoms with E-state index in [0.29, 0.717) is 6.42 Å². The third kappa shape index (κ3) is 3.70. The van der Waals surface area contributed by atoms with Crippen LogP contribution in [0.1, 0.15) is 46.0 Å². The number of aliphatic carboxylic acids is 1. The van der Waals surface area contributed by atoms with E-state index in [0.717, 1.165) is 25.7 Å². The summed E-state index contributed by atoms with van der Waals surface area (Å²) >= 11 is 0. The van der Waals surface area contributed by atoms with Crippen molar-refractivity contribution in [3.8, 4) is 0 Å². The highest BCUT2D eigenvalue weighted by atomic mass is 16.4. The highest BCUT2D eigenvalue weighted by molar-refractivity contribution is 5.83. The second kappa shape index (κ2) is 6.18. The zero-order valence-corrected chi connectivity index (χ0v) is 11.2. The normalized spacial score (nSPS) is 25.3. The van der Waals surface area contributed by atoms with Crippen LogP contribution < -0.4 is 11.1 Å². The number of hydrogen-bond acceptors (Lipinski definition) is 3. The lowest BCUT2D eigenvalue weighted by atomic mass is 9.89. The van der Waals surface area contributed by atoms with Crippen molar-refractivity contribution in [3.63, 3.8) is 0 Å². The van der Waals surface area contributed by atoms with Crippen LogP contribution in [-0.4, -0.2) is 29.6 Å². The summed E-state index contributed by atoms with van der Waals surface area (Å²) in [6.45, 7) is 3.80. The molecule has 1 saturated carbocycles. The molecule has 1 rings (SSSR count). The third-order valence-corrected chi connectivity index (χ3v) is 3.77. The lowest BCUT2D eigenvalue weighted by molar-refractivity contribution is -0.143. The maximum absolute atomic E-state index is 12.1. The average molecular weight is 256 g/mol. The molecule has 0 spiro atoms. The molecule has 5 nitrogen and oxygen atoms in total. The van der Waals surface area contributed by atoms with Crippen molar-refractivity contribution in [2.75, 3.05) is 6.54 Å². The monoisotopic (exact) mass is 256 g/mol. The summed E-state index contributed by atoms with van der Waals surface area (Å²) in [5.74, 6) is -1.43. The van der Waals surface area contributed by atoms with Gasteiger partial charge >= 0.3 is 5.97 Å². The van der Waals surface area contributed by atoms with E-state index < -0.39 is 17.3 Å². The molecule has 0 aromatic heterocycles. The summed E-state index contributed by atoms with van der Waals surface area (Å²) in [6.07, 6.45) is 4.31. The average Bonchev–Trinajstić information content (AvgIpc) is 2.54. The topological polar surface area (TPSA) is 92.4 Å². The highest BCUT2D eigenvalue weighted by Gasteiger charge is 2.34. The van der Waals surface area contributed by atoms with Gasteiger partial charge < -0.3 is 16.2 Å². The van der Waals surface area contributed by atoms with Crippen molar-refractivity contribution in [3.05, 3.63) is 0 Å². The summed E-state index contributed by atoms with van der Waals surface area (Å²) in [5, 5.41) is 12.1. The molecule has 1 aliphatic rings. The number of hydrogen-bond donors (Lipinski definition) is 3. The van der Waals surface area contributed by atoms with Crippen LogP contribution in [0.4, 0.5) is 0 Å². The van der Waals surface area contributed by atoms with E-state index >= 15 is 0 Å². The van der Waals surface area contributed by atoms with Crippen LogP contribution in [0.15, 0.2) is 0 Å². The number of nitrogens with two attached hydrogens (primary N) is 1. The molecule has 18 heavy (non-hydrogen) atoms. The van der Waals surface area contributed by atoms with Gasteiger partial charge in [0.1, 0.15) is 0 Å². The Labute approximate surface area is 108 Å². The van der Waals surface area contributed by atoms with Crippen molar-refractivity contribution >= 4 is 11.9 Å². The molecule has 1 fully saturated rings. The standard InChI is InChI=1S/C13H24N2O3/c1-13(2,8-14)12(18)15-10-7-5-3-4-6-9(10)11(16)17/h9-10H,3-8,14H2,1-2H3,(H,15,18)(H,16,17). The Morgan fingerprint density at radius 3 is 2.44 bits per heavy atom. The molecule has 0 heterocycles. The van der Waals surface area contributed by atoms with Gasteiger partial charge in [0.05, 0.1) is 11.3 Å². The minimum atomic E-state index is -0.812. The molecule has 0 aliphatic heterocycles. The summed E-state index contributed by atoms with van der Waals surface area (Å²) in [4.78, 5) is 23.3. The maximum atomic E-state index is 12.1. The molecule has 0 radical (unpaired) electrons. The molecule has 5 heteroatoms. The van der Waals surface area contributed by atoms with E-state index in [1.165, 1.54) is 0 Å². The SMILES string of the molecule is CC(C)(CN)C(=O)NC1CCCCCC1C(=O)O. The van der Waals surface area contributed by atoms with E-state index in [4.69, 9.17) is 5.73 Å². The Morgan fingerprint density at radius 1 is 1.28 bits per heavy atom. The van der Waals surface area contributed by atoms with Crippen LogP contribution in [0.3, 0.4) is 0 Å². The molecule has 1 amide bonds. The largest absolute Gasteiger partial charge is 0.481 e. The van der Waals surface area contributed by atoms with E-state index in [-0.39, 0.29) is 18.5 Å². The van der Waals surface area contributed by atoms with Gasteiger partial charge in [-0.05, 0) is 26.7 Å². The predicted octanol–water partition coefficient (Wildman–Crippen LogP) is 1.12. The summed E-state index contributed by atoms with van der Waals surface area (Å²) < 4.78 is 0. The first kappa shape index (κ1) is 15.0. The van der Waals surface area contributed by atoms with E-state index in [2.05, 4.69) is 5.32 Å². The van der Waals surface area contributed by atoms with Gasteiger partial charge in [-0.25, -0.2) is 0 Å². The second-order valence-electron chi connectivity index (χ2n) is 5.75. The molecule has 4 N–H and O–H groups in total. The number of carboxylic acid groups (broad SMARTS) is 1. The number of carboxylic acids is 1. The second-order valence-corrected chi connectivity index (χ2v) is 5.75. The first-order valence-corrected chi connectivity index (χ1v) is 6.62. The fraction of sp³-hybridized carbons (Fsp3) is 0.846. The van der Waals surface area contributed by atoms with Gasteiger partial charge in [0, 0.05) is 12.6 Å². The molecule has 2 unspecified atom stereocenters. The van der Waals surface area contributed by atoms with Crippen molar-refractivity contribution in [2.45, 2.75) is 52.0 Å². The van der Waals surface area contributed by atoms with Crippen molar-refractivity contribution in [1.29, 1.82) is 0 Å². The van der Waals surface area contributed by atoms with Crippen LogP contribution in [0.5, 0.6) is 0 Å². The number of carbonyl (C=O) groups is 2. The van der Waals surface area contributed by atoms with Gasteiger partial charge in [-0.1, -0.05) is 19.3 Å². The van der Waals surface area contributed by atoms with Crippen molar-refractivity contribution in [1.82, 2.24) is 5.32 Å². The number of rotatable bonds is 4. The van der Waals surface area contributed by atoms with Crippen molar-refractivity contribution < 1.29 is 14.7 Å². The Hall–Kier alpha value is -1.10. The van der Waals surface area contributed by atoms with Crippen LogP contribution in [-0.2, 0) is 9.59 Å². The van der Waals surface area contributed by atoms with Crippen LogP contribution >= 0.6 is 0 Å². The molecule has 0 aromatic rings. The molecule has 0 saturated heterocycles. The quantitative estimate of drug-likeness (QED) is 0.657. The van der Waals surface area contributed by atoms with E-state index in [9.17, 15) is 14.7 Å². The maximum Gasteiger partial charge on any atom is 0.308 e. The van der Waals surface area contributed by atoms with Gasteiger partial charge in [0.25, 0.3) is 0 Å². The molecule has 1 aliphatic carbocycles. The summed E-state index contributed by atoms with van der Waals surface area (Å²) in [5.41, 5.74) is 4.92. The smallest absolute Gasteiger partial charge is 0.308 e. The molecule has 104 valence electrons. The number of amides is 1. The minimum absolute atomic E-state index is 0.150. The Bertz CT molecular complexity index is 315. The van der Waals surface area contributed by atoms with Crippen molar-refractivity contribution in [2.24, 2.45) is 17.1 Å². The fourth-order valence-electron chi connectivity index (χ4n) is 2.23. The number of carbonyl (C=O) groups excluding carboxylic acids is 1. The first-order chi connectivity index (χ1) is 8.38. The zero-order chi connectivity index (χ0) is 13.8. The van der Waals surface area contributed by atoms with E-state index in [1.54, 1.807) is 13.8 Å². The van der Waals surface area contributed by atoms with Gasteiger partial charge in [-0.2, -0.15) is 0 Å². The van der Waals surface area contributed by atoms with Gasteiger partial charge in [0.15, 0.2) is 0 Å². The Kier molecular flexibility index (Phi) is 5.14. The van der Waals surface area contributed by atoms with E-state index in [1.807, 2.05) is 0 Å². The van der Waals surface area contributed by atoms with Gasteiger partial charge in [-0.15, -0.1) is 0 Å². The van der Waals surface area contributed by atoms with Crippen LogP contribution in [0.2, 0.25) is 0 Å². The molecule has 2 atom stereocenters.